The summed E-state index contributed by atoms with van der Waals surface area (Å²) in [4.78, 5) is 11.3. The number of nitrogens with one attached hydrogen (secondary N) is 1. The number of unbranched alkanes of at least 4 members (excludes halogenated alkanes) is 1. The molecule has 0 unspecified atom stereocenters. The van der Waals surface area contributed by atoms with Crippen LogP contribution in [0.4, 0.5) is 4.39 Å². The van der Waals surface area contributed by atoms with Crippen molar-refractivity contribution < 1.29 is 13.9 Å². The molecule has 1 aromatic carbocycles. The van der Waals surface area contributed by atoms with E-state index in [2.05, 4.69) is 21.2 Å². The standard InChI is InChI=1S/C13H17BrFNO2/c1-2-3-6-18-13(17)9-16-8-10-7-11(14)4-5-12(10)15/h4-5,7,16H,2-3,6,8-9H2,1H3. The third-order valence-electron chi connectivity index (χ3n) is 2.35. The zero-order valence-electron chi connectivity index (χ0n) is 10.3. The van der Waals surface area contributed by atoms with Crippen LogP contribution in [0.1, 0.15) is 25.3 Å². The number of hydrogen-bond acceptors (Lipinski definition) is 3. The van der Waals surface area contributed by atoms with Crippen LogP contribution in [0.5, 0.6) is 0 Å². The van der Waals surface area contributed by atoms with Gasteiger partial charge in [-0.05, 0) is 24.6 Å². The van der Waals surface area contributed by atoms with Gasteiger partial charge in [-0.1, -0.05) is 29.3 Å². The third-order valence-corrected chi connectivity index (χ3v) is 2.85. The fraction of sp³-hybridized carbons (Fsp3) is 0.462. The van der Waals surface area contributed by atoms with Crippen LogP contribution in [-0.2, 0) is 16.1 Å². The van der Waals surface area contributed by atoms with Crippen LogP contribution in [0.2, 0.25) is 0 Å². The molecular formula is C13H17BrFNO2. The van der Waals surface area contributed by atoms with Crippen molar-refractivity contribution in [2.45, 2.75) is 26.3 Å². The van der Waals surface area contributed by atoms with Gasteiger partial charge in [-0.3, -0.25) is 4.79 Å². The second-order valence-electron chi connectivity index (χ2n) is 3.91. The lowest BCUT2D eigenvalue weighted by Gasteiger charge is -2.07. The number of carbonyl (C=O) groups excluding carboxylic acids is 1. The van der Waals surface area contributed by atoms with Gasteiger partial charge >= 0.3 is 5.97 Å². The minimum absolute atomic E-state index is 0.0929. The van der Waals surface area contributed by atoms with Crippen LogP contribution in [0.25, 0.3) is 0 Å². The zero-order valence-corrected chi connectivity index (χ0v) is 11.9. The van der Waals surface area contributed by atoms with Crippen molar-refractivity contribution in [3.05, 3.63) is 34.1 Å². The molecule has 5 heteroatoms. The van der Waals surface area contributed by atoms with Crippen molar-refractivity contribution in [2.24, 2.45) is 0 Å². The molecule has 18 heavy (non-hydrogen) atoms. The largest absolute Gasteiger partial charge is 0.465 e. The Morgan fingerprint density at radius 2 is 2.28 bits per heavy atom. The first kappa shape index (κ1) is 15.1. The van der Waals surface area contributed by atoms with Crippen LogP contribution >= 0.6 is 15.9 Å². The molecule has 100 valence electrons. The minimum atomic E-state index is -0.307. The molecule has 0 spiro atoms. The highest BCUT2D eigenvalue weighted by atomic mass is 79.9. The van der Waals surface area contributed by atoms with E-state index in [9.17, 15) is 9.18 Å². The van der Waals surface area contributed by atoms with E-state index in [0.29, 0.717) is 18.7 Å². The molecule has 0 fully saturated rings. The van der Waals surface area contributed by atoms with Gasteiger partial charge in [-0.15, -0.1) is 0 Å². The van der Waals surface area contributed by atoms with Gasteiger partial charge in [0.05, 0.1) is 13.2 Å². The lowest BCUT2D eigenvalue weighted by Crippen LogP contribution is -2.25. The van der Waals surface area contributed by atoms with Gasteiger partial charge in [0.15, 0.2) is 0 Å². The number of hydrogen-bond donors (Lipinski definition) is 1. The maximum atomic E-state index is 13.4. The second kappa shape index (κ2) is 8.21. The van der Waals surface area contributed by atoms with Gasteiger partial charge in [0.1, 0.15) is 5.82 Å². The summed E-state index contributed by atoms with van der Waals surface area (Å²) in [6, 6.07) is 4.71. The number of rotatable bonds is 7. The van der Waals surface area contributed by atoms with E-state index in [0.717, 1.165) is 17.3 Å². The van der Waals surface area contributed by atoms with E-state index in [1.807, 2.05) is 6.92 Å². The quantitative estimate of drug-likeness (QED) is 0.620. The van der Waals surface area contributed by atoms with E-state index >= 15 is 0 Å². The number of esters is 1. The van der Waals surface area contributed by atoms with Gasteiger partial charge in [0, 0.05) is 16.6 Å². The van der Waals surface area contributed by atoms with Gasteiger partial charge < -0.3 is 10.1 Å². The Morgan fingerprint density at radius 3 is 3.00 bits per heavy atom. The average Bonchev–Trinajstić information content (AvgIpc) is 2.34. The van der Waals surface area contributed by atoms with Gasteiger partial charge in [0.2, 0.25) is 0 Å². The first-order valence-electron chi connectivity index (χ1n) is 5.93. The van der Waals surface area contributed by atoms with Crippen LogP contribution in [0.3, 0.4) is 0 Å². The lowest BCUT2D eigenvalue weighted by molar-refractivity contribution is -0.142. The summed E-state index contributed by atoms with van der Waals surface area (Å²) < 4.78 is 19.1. The molecule has 0 aliphatic heterocycles. The Morgan fingerprint density at radius 1 is 1.50 bits per heavy atom. The van der Waals surface area contributed by atoms with E-state index < -0.39 is 0 Å². The molecule has 0 amide bonds. The Labute approximate surface area is 115 Å². The summed E-state index contributed by atoms with van der Waals surface area (Å²) in [7, 11) is 0. The van der Waals surface area contributed by atoms with Crippen LogP contribution in [0.15, 0.2) is 22.7 Å². The van der Waals surface area contributed by atoms with Crippen molar-refractivity contribution in [1.82, 2.24) is 5.32 Å². The van der Waals surface area contributed by atoms with E-state index in [-0.39, 0.29) is 18.3 Å². The molecule has 1 rings (SSSR count). The number of carbonyl (C=O) groups is 1. The summed E-state index contributed by atoms with van der Waals surface area (Å²) in [6.45, 7) is 2.87. The number of halogens is 2. The molecular weight excluding hydrogens is 301 g/mol. The van der Waals surface area contributed by atoms with Gasteiger partial charge in [-0.2, -0.15) is 0 Å². The average molecular weight is 318 g/mol. The Bertz CT molecular complexity index is 399. The Balaban J connectivity index is 2.28. The molecule has 0 heterocycles. The molecule has 1 N–H and O–H groups in total. The number of benzene rings is 1. The molecule has 0 radical (unpaired) electrons. The van der Waals surface area contributed by atoms with Crippen molar-refractivity contribution in [2.75, 3.05) is 13.2 Å². The normalized spacial score (nSPS) is 10.4. The molecule has 0 atom stereocenters. The summed E-state index contributed by atoms with van der Waals surface area (Å²) in [5, 5.41) is 2.86. The topological polar surface area (TPSA) is 38.3 Å². The molecule has 0 saturated carbocycles. The first-order chi connectivity index (χ1) is 8.63. The molecule has 1 aromatic rings. The molecule has 0 bridgehead atoms. The van der Waals surface area contributed by atoms with Gasteiger partial charge in [-0.25, -0.2) is 4.39 Å². The fourth-order valence-corrected chi connectivity index (χ4v) is 1.77. The summed E-state index contributed by atoms with van der Waals surface area (Å²) in [6.07, 6.45) is 1.86. The SMILES string of the molecule is CCCCOC(=O)CNCc1cc(Br)ccc1F. The lowest BCUT2D eigenvalue weighted by atomic mass is 10.2. The smallest absolute Gasteiger partial charge is 0.319 e. The Kier molecular flexibility index (Phi) is 6.90. The summed E-state index contributed by atoms with van der Waals surface area (Å²) in [5.41, 5.74) is 0.519. The number of ether oxygens (including phenoxy) is 1. The molecule has 0 aliphatic carbocycles. The van der Waals surface area contributed by atoms with Crippen LogP contribution in [-0.4, -0.2) is 19.1 Å². The predicted octanol–water partition coefficient (Wildman–Crippen LogP) is 3.02. The third kappa shape index (κ3) is 5.60. The predicted molar refractivity (Wildman–Crippen MR) is 71.7 cm³/mol. The van der Waals surface area contributed by atoms with E-state index in [1.54, 1.807) is 12.1 Å². The summed E-state index contributed by atoms with van der Waals surface area (Å²) >= 11 is 3.27. The fourth-order valence-electron chi connectivity index (χ4n) is 1.36. The van der Waals surface area contributed by atoms with Crippen molar-refractivity contribution in [3.63, 3.8) is 0 Å². The molecule has 0 aliphatic rings. The molecule has 0 saturated heterocycles. The van der Waals surface area contributed by atoms with E-state index in [1.165, 1.54) is 6.07 Å². The van der Waals surface area contributed by atoms with Crippen molar-refractivity contribution in [1.29, 1.82) is 0 Å². The highest BCUT2D eigenvalue weighted by Gasteiger charge is 2.05. The van der Waals surface area contributed by atoms with E-state index in [4.69, 9.17) is 4.74 Å². The molecule has 0 aromatic heterocycles. The maximum Gasteiger partial charge on any atom is 0.319 e. The molecule has 3 nitrogen and oxygen atoms in total. The first-order valence-corrected chi connectivity index (χ1v) is 6.73. The monoisotopic (exact) mass is 317 g/mol. The van der Waals surface area contributed by atoms with Crippen LogP contribution in [0, 0.1) is 5.82 Å². The highest BCUT2D eigenvalue weighted by molar-refractivity contribution is 9.10. The second-order valence-corrected chi connectivity index (χ2v) is 4.83. The minimum Gasteiger partial charge on any atom is -0.465 e. The maximum absolute atomic E-state index is 13.4. The van der Waals surface area contributed by atoms with Gasteiger partial charge in [0.25, 0.3) is 0 Å². The van der Waals surface area contributed by atoms with Crippen LogP contribution < -0.4 is 5.32 Å². The summed E-state index contributed by atoms with van der Waals surface area (Å²) in [5.74, 6) is -0.594. The van der Waals surface area contributed by atoms with Crippen molar-refractivity contribution >= 4 is 21.9 Å². The highest BCUT2D eigenvalue weighted by Crippen LogP contribution is 2.15. The Hall–Kier alpha value is -0.940. The zero-order chi connectivity index (χ0) is 13.4. The van der Waals surface area contributed by atoms with Crippen molar-refractivity contribution in [3.8, 4) is 0 Å².